The maximum atomic E-state index is 12.7. The third-order valence-corrected chi connectivity index (χ3v) is 6.31. The number of hydrogen-bond acceptors (Lipinski definition) is 7. The molecular formula is C25H26N4O3S. The van der Waals surface area contributed by atoms with E-state index in [0.717, 1.165) is 27.5 Å². The molecule has 0 radical (unpaired) electrons. The van der Waals surface area contributed by atoms with E-state index in [0.29, 0.717) is 23.5 Å². The minimum absolute atomic E-state index is 0.190. The first kappa shape index (κ1) is 22.8. The summed E-state index contributed by atoms with van der Waals surface area (Å²) >= 11 is 1.62. The number of ether oxygens (including phenoxy) is 2. The van der Waals surface area contributed by atoms with Gasteiger partial charge in [0.05, 0.1) is 30.7 Å². The average molecular weight is 463 g/mol. The lowest BCUT2D eigenvalue weighted by Crippen LogP contribution is -2.16. The van der Waals surface area contributed by atoms with E-state index in [4.69, 9.17) is 14.6 Å². The van der Waals surface area contributed by atoms with Crippen LogP contribution in [0.15, 0.2) is 53.4 Å². The molecule has 4 aromatic rings. The number of carbonyl (C=O) groups excluding carboxylic acids is 1. The summed E-state index contributed by atoms with van der Waals surface area (Å²) in [5.74, 6) is 0.779. The number of esters is 1. The number of thioether (sulfide) groups is 1. The van der Waals surface area contributed by atoms with Crippen molar-refractivity contribution in [3.05, 3.63) is 71.2 Å². The number of rotatable bonds is 8. The van der Waals surface area contributed by atoms with Crippen molar-refractivity contribution in [2.24, 2.45) is 0 Å². The molecule has 0 aliphatic heterocycles. The molecule has 7 nitrogen and oxygen atoms in total. The number of aryl methyl sites for hydroxylation is 2. The number of methoxy groups -OCH3 is 1. The van der Waals surface area contributed by atoms with Gasteiger partial charge in [0, 0.05) is 10.6 Å². The molecule has 2 heterocycles. The summed E-state index contributed by atoms with van der Waals surface area (Å²) in [4.78, 5) is 13.8. The van der Waals surface area contributed by atoms with E-state index in [1.54, 1.807) is 30.3 Å². The maximum Gasteiger partial charge on any atom is 0.360 e. The second kappa shape index (κ2) is 10.0. The van der Waals surface area contributed by atoms with Gasteiger partial charge < -0.3 is 9.47 Å². The Kier molecular flexibility index (Phi) is 6.93. The van der Waals surface area contributed by atoms with Crippen LogP contribution in [0.3, 0.4) is 0 Å². The van der Waals surface area contributed by atoms with Crippen molar-refractivity contribution < 1.29 is 14.3 Å². The van der Waals surface area contributed by atoms with Crippen LogP contribution in [0.1, 0.15) is 41.3 Å². The molecule has 33 heavy (non-hydrogen) atoms. The molecule has 2 aromatic heterocycles. The Hall–Kier alpha value is -3.39. The summed E-state index contributed by atoms with van der Waals surface area (Å²) in [6.45, 7) is 6.14. The topological polar surface area (TPSA) is 78.6 Å². The Labute approximate surface area is 197 Å². The smallest absolute Gasteiger partial charge is 0.360 e. The maximum absolute atomic E-state index is 12.7. The molecule has 0 fully saturated rings. The normalized spacial score (nSPS) is 11.0. The Morgan fingerprint density at radius 2 is 1.76 bits per heavy atom. The van der Waals surface area contributed by atoms with Crippen molar-refractivity contribution >= 4 is 23.4 Å². The van der Waals surface area contributed by atoms with Gasteiger partial charge in [-0.25, -0.2) is 9.31 Å². The Bertz CT molecular complexity index is 1270. The first-order chi connectivity index (χ1) is 16.0. The fourth-order valence-electron chi connectivity index (χ4n) is 3.56. The molecule has 4 rings (SSSR count). The number of nitrogens with zero attached hydrogens (tertiary/aromatic N) is 4. The van der Waals surface area contributed by atoms with Crippen LogP contribution in [0.4, 0.5) is 0 Å². The van der Waals surface area contributed by atoms with E-state index >= 15 is 0 Å². The van der Waals surface area contributed by atoms with E-state index in [1.165, 1.54) is 5.56 Å². The first-order valence-corrected chi connectivity index (χ1v) is 11.8. The van der Waals surface area contributed by atoms with Gasteiger partial charge in [-0.15, -0.1) is 22.0 Å². The number of fused-ring (bicyclic) bond motifs is 1. The summed E-state index contributed by atoms with van der Waals surface area (Å²) < 4.78 is 12.3. The molecule has 0 saturated carbocycles. The van der Waals surface area contributed by atoms with Crippen molar-refractivity contribution in [2.75, 3.05) is 13.7 Å². The molecule has 0 aliphatic carbocycles. The van der Waals surface area contributed by atoms with E-state index < -0.39 is 5.97 Å². The largest absolute Gasteiger partial charge is 0.497 e. The van der Waals surface area contributed by atoms with Gasteiger partial charge in [0.1, 0.15) is 5.75 Å². The Morgan fingerprint density at radius 1 is 1.03 bits per heavy atom. The third-order valence-electron chi connectivity index (χ3n) is 5.29. The molecule has 0 N–H and O–H groups in total. The number of benzene rings is 2. The van der Waals surface area contributed by atoms with E-state index in [2.05, 4.69) is 48.3 Å². The second-order valence-corrected chi connectivity index (χ2v) is 8.51. The SMILES string of the molecule is CCOC(=O)c1nnc2c(-c3ccc(OC)cc3)c(CC)nn2c1CSc1ccc(C)cc1. The van der Waals surface area contributed by atoms with Crippen LogP contribution in [-0.4, -0.2) is 39.5 Å². The standard InChI is InChI=1S/C25H26N4O3S/c1-5-20-22(17-9-11-18(31-4)12-10-17)24-27-26-23(25(30)32-6-2)21(29(24)28-20)15-33-19-13-7-16(3)8-14-19/h7-14H,5-6,15H2,1-4H3. The van der Waals surface area contributed by atoms with Gasteiger partial charge in [0.2, 0.25) is 0 Å². The van der Waals surface area contributed by atoms with Crippen LogP contribution in [0.25, 0.3) is 16.8 Å². The minimum atomic E-state index is -0.494. The van der Waals surface area contributed by atoms with Gasteiger partial charge in [-0.05, 0) is 50.1 Å². The van der Waals surface area contributed by atoms with E-state index in [1.807, 2.05) is 24.3 Å². The lowest BCUT2D eigenvalue weighted by molar-refractivity contribution is 0.0516. The zero-order chi connectivity index (χ0) is 23.4. The summed E-state index contributed by atoms with van der Waals surface area (Å²) in [6, 6.07) is 16.1. The second-order valence-electron chi connectivity index (χ2n) is 7.46. The van der Waals surface area contributed by atoms with Crippen LogP contribution >= 0.6 is 11.8 Å². The van der Waals surface area contributed by atoms with Crippen molar-refractivity contribution in [3.8, 4) is 16.9 Å². The van der Waals surface area contributed by atoms with Crippen molar-refractivity contribution in [3.63, 3.8) is 0 Å². The number of carbonyl (C=O) groups is 1. The molecule has 0 spiro atoms. The molecule has 0 amide bonds. The van der Waals surface area contributed by atoms with Crippen LogP contribution in [-0.2, 0) is 16.9 Å². The summed E-state index contributed by atoms with van der Waals surface area (Å²) in [5, 5.41) is 13.5. The molecule has 0 aliphatic rings. The van der Waals surface area contributed by atoms with Crippen LogP contribution < -0.4 is 4.74 Å². The third kappa shape index (κ3) is 4.71. The highest BCUT2D eigenvalue weighted by Crippen LogP contribution is 2.32. The van der Waals surface area contributed by atoms with Gasteiger partial charge in [0.25, 0.3) is 0 Å². The predicted molar refractivity (Wildman–Crippen MR) is 129 cm³/mol. The monoisotopic (exact) mass is 462 g/mol. The van der Waals surface area contributed by atoms with Gasteiger partial charge in [-0.3, -0.25) is 0 Å². The fourth-order valence-corrected chi connectivity index (χ4v) is 4.45. The molecule has 0 saturated heterocycles. The quantitative estimate of drug-likeness (QED) is 0.265. The van der Waals surface area contributed by atoms with Crippen molar-refractivity contribution in [1.29, 1.82) is 0 Å². The lowest BCUT2D eigenvalue weighted by Gasteiger charge is -2.10. The number of hydrogen-bond donors (Lipinski definition) is 0. The van der Waals surface area contributed by atoms with Gasteiger partial charge in [-0.2, -0.15) is 5.10 Å². The average Bonchev–Trinajstić information content (AvgIpc) is 3.22. The molecule has 2 aromatic carbocycles. The summed E-state index contributed by atoms with van der Waals surface area (Å²) in [5.41, 5.74) is 5.43. The molecular weight excluding hydrogens is 436 g/mol. The van der Waals surface area contributed by atoms with Crippen LogP contribution in [0.2, 0.25) is 0 Å². The highest BCUT2D eigenvalue weighted by Gasteiger charge is 2.24. The lowest BCUT2D eigenvalue weighted by atomic mass is 10.0. The Morgan fingerprint density at radius 3 is 2.39 bits per heavy atom. The highest BCUT2D eigenvalue weighted by molar-refractivity contribution is 7.98. The van der Waals surface area contributed by atoms with Crippen LogP contribution in [0.5, 0.6) is 5.75 Å². The predicted octanol–water partition coefficient (Wildman–Crippen LogP) is 5.14. The Balaban J connectivity index is 1.84. The zero-order valence-corrected chi connectivity index (χ0v) is 20.0. The number of aromatic nitrogens is 4. The zero-order valence-electron chi connectivity index (χ0n) is 19.2. The molecule has 0 unspecified atom stereocenters. The summed E-state index contributed by atoms with van der Waals surface area (Å²) in [6.07, 6.45) is 0.712. The van der Waals surface area contributed by atoms with Crippen LogP contribution in [0, 0.1) is 6.92 Å². The summed E-state index contributed by atoms with van der Waals surface area (Å²) in [7, 11) is 1.64. The molecule has 0 bridgehead atoms. The van der Waals surface area contributed by atoms with Gasteiger partial charge in [-0.1, -0.05) is 36.8 Å². The van der Waals surface area contributed by atoms with E-state index in [9.17, 15) is 4.79 Å². The van der Waals surface area contributed by atoms with E-state index in [-0.39, 0.29) is 12.3 Å². The van der Waals surface area contributed by atoms with Gasteiger partial charge in [0.15, 0.2) is 11.3 Å². The highest BCUT2D eigenvalue weighted by atomic mass is 32.2. The fraction of sp³-hybridized carbons (Fsp3) is 0.280. The minimum Gasteiger partial charge on any atom is -0.497 e. The van der Waals surface area contributed by atoms with Crippen molar-refractivity contribution in [1.82, 2.24) is 19.8 Å². The van der Waals surface area contributed by atoms with Crippen molar-refractivity contribution in [2.45, 2.75) is 37.8 Å². The molecule has 170 valence electrons. The molecule has 0 atom stereocenters. The molecule has 8 heteroatoms. The first-order valence-electron chi connectivity index (χ1n) is 10.8. The van der Waals surface area contributed by atoms with Gasteiger partial charge >= 0.3 is 5.97 Å².